The predicted molar refractivity (Wildman–Crippen MR) is 75.8 cm³/mol. The van der Waals surface area contributed by atoms with Crippen molar-refractivity contribution in [2.24, 2.45) is 12.2 Å². The second-order valence-corrected chi connectivity index (χ2v) is 6.10. The summed E-state index contributed by atoms with van der Waals surface area (Å²) in [5.41, 5.74) is -0.831. The summed E-state index contributed by atoms with van der Waals surface area (Å²) >= 11 is 0. The van der Waals surface area contributed by atoms with Gasteiger partial charge in [-0.25, -0.2) is 22.3 Å². The Bertz CT molecular complexity index is 945. The van der Waals surface area contributed by atoms with Crippen molar-refractivity contribution in [3.05, 3.63) is 47.3 Å². The smallest absolute Gasteiger partial charge is 0.275 e. The third-order valence-corrected chi connectivity index (χ3v) is 3.85. The van der Waals surface area contributed by atoms with Crippen molar-refractivity contribution >= 4 is 21.6 Å². The summed E-state index contributed by atoms with van der Waals surface area (Å²) in [7, 11) is -3.06. The van der Waals surface area contributed by atoms with Gasteiger partial charge in [-0.2, -0.15) is 5.26 Å². The van der Waals surface area contributed by atoms with E-state index in [0.29, 0.717) is 0 Å². The van der Waals surface area contributed by atoms with E-state index in [1.165, 1.54) is 13.1 Å². The molecule has 0 fully saturated rings. The van der Waals surface area contributed by atoms with Gasteiger partial charge in [-0.05, 0) is 18.2 Å². The van der Waals surface area contributed by atoms with Crippen LogP contribution >= 0.6 is 0 Å². The lowest BCUT2D eigenvalue weighted by Crippen LogP contribution is -2.18. The van der Waals surface area contributed by atoms with Crippen LogP contribution in [-0.4, -0.2) is 18.9 Å². The van der Waals surface area contributed by atoms with Gasteiger partial charge in [0.05, 0.1) is 5.56 Å². The maximum atomic E-state index is 14.1. The van der Waals surface area contributed by atoms with Crippen molar-refractivity contribution in [1.82, 2.24) is 4.57 Å². The highest BCUT2D eigenvalue weighted by Crippen LogP contribution is 2.21. The molecule has 10 heteroatoms. The fourth-order valence-corrected chi connectivity index (χ4v) is 2.56. The van der Waals surface area contributed by atoms with Crippen molar-refractivity contribution < 1.29 is 22.0 Å². The zero-order valence-corrected chi connectivity index (χ0v) is 12.5. The van der Waals surface area contributed by atoms with Gasteiger partial charge < -0.3 is 9.88 Å². The Hall–Kier alpha value is -2.77. The molecule has 2 rings (SSSR count). The lowest BCUT2D eigenvalue weighted by molar-refractivity contribution is 0.101. The Morgan fingerprint density at radius 3 is 2.57 bits per heavy atom. The van der Waals surface area contributed by atoms with Crippen LogP contribution in [0.5, 0.6) is 0 Å². The number of carbonyl (C=O) groups excluding carboxylic acids is 1. The number of anilines is 1. The molecule has 1 aromatic heterocycles. The first-order chi connectivity index (χ1) is 10.6. The van der Waals surface area contributed by atoms with E-state index in [0.717, 1.165) is 22.9 Å². The number of primary sulfonamides is 1. The minimum atomic E-state index is -4.33. The molecule has 1 aromatic carbocycles. The van der Waals surface area contributed by atoms with Crippen LogP contribution in [0.25, 0.3) is 0 Å². The molecule has 3 N–H and O–H groups in total. The fourth-order valence-electron chi connectivity index (χ4n) is 1.91. The molecule has 0 aliphatic carbocycles. The molecule has 0 saturated heterocycles. The summed E-state index contributed by atoms with van der Waals surface area (Å²) < 4.78 is 50.7. The Balaban J connectivity index is 2.40. The number of nitrogens with two attached hydrogens (primary N) is 1. The van der Waals surface area contributed by atoms with Crippen molar-refractivity contribution in [2.45, 2.75) is 4.90 Å². The van der Waals surface area contributed by atoms with Crippen molar-refractivity contribution in [1.29, 1.82) is 5.26 Å². The Morgan fingerprint density at radius 1 is 1.39 bits per heavy atom. The van der Waals surface area contributed by atoms with E-state index in [2.05, 4.69) is 5.32 Å². The molecule has 0 saturated carbocycles. The number of nitrogens with zero attached hydrogens (tertiary/aromatic N) is 2. The highest BCUT2D eigenvalue weighted by Gasteiger charge is 2.26. The normalized spacial score (nSPS) is 11.1. The second-order valence-electron chi connectivity index (χ2n) is 4.57. The Kier molecular flexibility index (Phi) is 4.18. The molecule has 23 heavy (non-hydrogen) atoms. The van der Waals surface area contributed by atoms with Crippen LogP contribution < -0.4 is 10.5 Å². The molecule has 1 heterocycles. The summed E-state index contributed by atoms with van der Waals surface area (Å²) in [6, 6.07) is 4.80. The second kappa shape index (κ2) is 5.79. The van der Waals surface area contributed by atoms with Crippen LogP contribution in [0.1, 0.15) is 16.1 Å². The van der Waals surface area contributed by atoms with Gasteiger partial charge in [-0.1, -0.05) is 0 Å². The third-order valence-electron chi connectivity index (χ3n) is 2.95. The Morgan fingerprint density at radius 2 is 2.04 bits per heavy atom. The van der Waals surface area contributed by atoms with E-state index in [-0.39, 0.29) is 11.3 Å². The van der Waals surface area contributed by atoms with Crippen LogP contribution in [0, 0.1) is 23.0 Å². The van der Waals surface area contributed by atoms with E-state index in [1.807, 2.05) is 0 Å². The molecule has 120 valence electrons. The van der Waals surface area contributed by atoms with Crippen molar-refractivity contribution in [3.63, 3.8) is 0 Å². The first kappa shape index (κ1) is 16.6. The number of nitrogens with one attached hydrogen (secondary N) is 1. The zero-order valence-electron chi connectivity index (χ0n) is 11.7. The maximum absolute atomic E-state index is 14.1. The first-order valence-corrected chi connectivity index (χ1v) is 7.58. The molecule has 7 nitrogen and oxygen atoms in total. The number of aromatic nitrogens is 1. The molecule has 0 aliphatic heterocycles. The zero-order chi connectivity index (χ0) is 17.4. The third kappa shape index (κ3) is 3.20. The number of halogens is 2. The number of benzene rings is 1. The van der Waals surface area contributed by atoms with Gasteiger partial charge >= 0.3 is 0 Å². The summed E-state index contributed by atoms with van der Waals surface area (Å²) in [6.07, 6.45) is 0.866. The average Bonchev–Trinajstić information content (AvgIpc) is 2.76. The maximum Gasteiger partial charge on any atom is 0.275 e. The minimum Gasteiger partial charge on any atom is -0.343 e. The van der Waals surface area contributed by atoms with E-state index in [1.54, 1.807) is 6.07 Å². The number of aryl methyl sites for hydroxylation is 1. The number of nitriles is 1. The SMILES string of the molecule is Cn1cc(S(N)(=O)=O)c(F)c1C(=O)Nc1ccc(F)c(C#N)c1. The molecule has 0 radical (unpaired) electrons. The van der Waals surface area contributed by atoms with Gasteiger partial charge in [0, 0.05) is 18.9 Å². The van der Waals surface area contributed by atoms with Crippen LogP contribution in [-0.2, 0) is 17.1 Å². The van der Waals surface area contributed by atoms with Gasteiger partial charge in [0.25, 0.3) is 5.91 Å². The van der Waals surface area contributed by atoms with E-state index < -0.39 is 38.2 Å². The van der Waals surface area contributed by atoms with Crippen LogP contribution in [0.3, 0.4) is 0 Å². The monoisotopic (exact) mass is 340 g/mol. The van der Waals surface area contributed by atoms with Crippen molar-refractivity contribution in [2.75, 3.05) is 5.32 Å². The Labute approximate surface area is 130 Å². The average molecular weight is 340 g/mol. The molecular weight excluding hydrogens is 330 g/mol. The summed E-state index contributed by atoms with van der Waals surface area (Å²) in [5, 5.41) is 15.8. The number of sulfonamides is 1. The number of hydrogen-bond donors (Lipinski definition) is 2. The largest absolute Gasteiger partial charge is 0.343 e. The summed E-state index contributed by atoms with van der Waals surface area (Å²) in [4.78, 5) is 11.3. The topological polar surface area (TPSA) is 118 Å². The van der Waals surface area contributed by atoms with Gasteiger partial charge in [0.1, 0.15) is 22.5 Å². The van der Waals surface area contributed by atoms with E-state index in [9.17, 15) is 22.0 Å². The van der Waals surface area contributed by atoms with Crippen LogP contribution in [0.4, 0.5) is 14.5 Å². The standard InChI is InChI=1S/C13H10F2N4O3S/c1-19-6-10(23(17,21)22)11(15)12(19)13(20)18-8-2-3-9(14)7(4-8)5-16/h2-4,6H,1H3,(H,18,20)(H2,17,21,22). The first-order valence-electron chi connectivity index (χ1n) is 6.03. The fraction of sp³-hybridized carbons (Fsp3) is 0.0769. The van der Waals surface area contributed by atoms with Crippen LogP contribution in [0.15, 0.2) is 29.3 Å². The molecule has 0 atom stereocenters. The van der Waals surface area contributed by atoms with Crippen molar-refractivity contribution in [3.8, 4) is 6.07 Å². The quantitative estimate of drug-likeness (QED) is 0.869. The van der Waals surface area contributed by atoms with Gasteiger partial charge in [0.15, 0.2) is 5.82 Å². The molecule has 0 aliphatic rings. The molecule has 2 aromatic rings. The highest BCUT2D eigenvalue weighted by atomic mass is 32.2. The molecular formula is C13H10F2N4O3S. The highest BCUT2D eigenvalue weighted by molar-refractivity contribution is 7.89. The summed E-state index contributed by atoms with van der Waals surface area (Å²) in [5.74, 6) is -3.04. The lowest BCUT2D eigenvalue weighted by Gasteiger charge is -2.07. The number of hydrogen-bond acceptors (Lipinski definition) is 4. The number of amides is 1. The van der Waals surface area contributed by atoms with E-state index >= 15 is 0 Å². The lowest BCUT2D eigenvalue weighted by atomic mass is 10.2. The summed E-state index contributed by atoms with van der Waals surface area (Å²) in [6.45, 7) is 0. The van der Waals surface area contributed by atoms with Crippen LogP contribution in [0.2, 0.25) is 0 Å². The molecule has 0 bridgehead atoms. The number of rotatable bonds is 3. The molecule has 0 unspecified atom stereocenters. The van der Waals surface area contributed by atoms with E-state index in [4.69, 9.17) is 10.4 Å². The predicted octanol–water partition coefficient (Wildman–Crippen LogP) is 1.07. The molecule has 1 amide bonds. The van der Waals surface area contributed by atoms with Gasteiger partial charge in [-0.3, -0.25) is 4.79 Å². The van der Waals surface area contributed by atoms with Gasteiger partial charge in [-0.15, -0.1) is 0 Å². The van der Waals surface area contributed by atoms with Gasteiger partial charge in [0.2, 0.25) is 10.0 Å². The minimum absolute atomic E-state index is 0.0469. The molecule has 0 spiro atoms. The number of carbonyl (C=O) groups is 1.